The maximum Gasteiger partial charge on any atom is 0.251 e. The van der Waals surface area contributed by atoms with E-state index < -0.39 is 5.41 Å². The molecule has 0 atom stereocenters. The van der Waals surface area contributed by atoms with Gasteiger partial charge in [0.25, 0.3) is 5.91 Å². The second kappa shape index (κ2) is 13.1. The molecule has 2 aromatic rings. The van der Waals surface area contributed by atoms with Gasteiger partial charge in [0.1, 0.15) is 5.75 Å². The van der Waals surface area contributed by atoms with E-state index in [1.165, 1.54) is 0 Å². The van der Waals surface area contributed by atoms with Gasteiger partial charge < -0.3 is 25.4 Å². The normalized spacial score (nSPS) is 11.0. The van der Waals surface area contributed by atoms with Gasteiger partial charge in [-0.1, -0.05) is 26.0 Å². The van der Waals surface area contributed by atoms with Crippen molar-refractivity contribution in [2.45, 2.75) is 40.5 Å². The molecule has 0 aliphatic heterocycles. The van der Waals surface area contributed by atoms with Gasteiger partial charge in [-0.25, -0.2) is 0 Å². The van der Waals surface area contributed by atoms with E-state index in [2.05, 4.69) is 22.0 Å². The van der Waals surface area contributed by atoms with Gasteiger partial charge in [-0.2, -0.15) is 0 Å². The van der Waals surface area contributed by atoms with Crippen LogP contribution < -0.4 is 20.7 Å². The zero-order chi connectivity index (χ0) is 25.1. The molecule has 184 valence electrons. The fourth-order valence-electron chi connectivity index (χ4n) is 3.18. The molecule has 2 amide bonds. The number of thiocarbonyl (C=S) groups is 1. The van der Waals surface area contributed by atoms with E-state index >= 15 is 0 Å². The molecule has 7 nitrogen and oxygen atoms in total. The van der Waals surface area contributed by atoms with Gasteiger partial charge in [-0.3, -0.25) is 9.59 Å². The van der Waals surface area contributed by atoms with Gasteiger partial charge in [0.05, 0.1) is 13.2 Å². The van der Waals surface area contributed by atoms with E-state index in [9.17, 15) is 9.59 Å². The highest BCUT2D eigenvalue weighted by molar-refractivity contribution is 7.80. The second-order valence-corrected chi connectivity index (χ2v) is 9.25. The molecule has 2 aromatic carbocycles. The van der Waals surface area contributed by atoms with Crippen LogP contribution in [-0.2, 0) is 9.53 Å². The van der Waals surface area contributed by atoms with Crippen molar-refractivity contribution < 1.29 is 19.1 Å². The number of nitrogens with one attached hydrogen (secondary N) is 3. The van der Waals surface area contributed by atoms with Crippen LogP contribution in [0.5, 0.6) is 5.75 Å². The van der Waals surface area contributed by atoms with Crippen LogP contribution in [0.1, 0.15) is 48.2 Å². The van der Waals surface area contributed by atoms with E-state index in [4.69, 9.17) is 21.7 Å². The number of hydrogen-bond donors (Lipinski definition) is 3. The molecule has 2 rings (SSSR count). The Bertz CT molecular complexity index is 990. The predicted molar refractivity (Wildman–Crippen MR) is 139 cm³/mol. The smallest absolute Gasteiger partial charge is 0.251 e. The van der Waals surface area contributed by atoms with Crippen LogP contribution in [0.2, 0.25) is 0 Å². The molecular formula is C26H35N3O4S. The minimum absolute atomic E-state index is 0.161. The Morgan fingerprint density at radius 2 is 1.74 bits per heavy atom. The molecule has 34 heavy (non-hydrogen) atoms. The molecule has 0 radical (unpaired) electrons. The maximum absolute atomic E-state index is 12.8. The number of rotatable bonds is 11. The summed E-state index contributed by atoms with van der Waals surface area (Å²) < 4.78 is 10.8. The van der Waals surface area contributed by atoms with Crippen molar-refractivity contribution in [1.29, 1.82) is 0 Å². The molecule has 0 spiro atoms. The molecule has 0 bridgehead atoms. The molecule has 0 unspecified atom stereocenters. The van der Waals surface area contributed by atoms with Crippen LogP contribution in [-0.4, -0.2) is 43.8 Å². The average molecular weight is 486 g/mol. The SMILES string of the molecule is COCCNC(=O)c1ccc(NC(=S)NC(=O)C(C)(C)CCCOc2cc(C)ccc2C)cc1. The van der Waals surface area contributed by atoms with E-state index in [0.717, 1.165) is 23.3 Å². The van der Waals surface area contributed by atoms with Crippen LogP contribution in [0, 0.1) is 19.3 Å². The van der Waals surface area contributed by atoms with Crippen molar-refractivity contribution in [3.05, 3.63) is 59.2 Å². The zero-order valence-electron chi connectivity index (χ0n) is 20.6. The minimum atomic E-state index is -0.610. The molecule has 0 saturated carbocycles. The molecule has 0 fully saturated rings. The van der Waals surface area contributed by atoms with E-state index in [0.29, 0.717) is 37.4 Å². The number of methoxy groups -OCH3 is 1. The molecule has 3 N–H and O–H groups in total. The van der Waals surface area contributed by atoms with Crippen LogP contribution in [0.25, 0.3) is 0 Å². The Hall–Kier alpha value is -2.97. The van der Waals surface area contributed by atoms with E-state index in [-0.39, 0.29) is 16.9 Å². The highest BCUT2D eigenvalue weighted by Crippen LogP contribution is 2.24. The first-order valence-electron chi connectivity index (χ1n) is 11.3. The number of amides is 2. The van der Waals surface area contributed by atoms with Gasteiger partial charge >= 0.3 is 0 Å². The number of ether oxygens (including phenoxy) is 2. The van der Waals surface area contributed by atoms with Crippen LogP contribution >= 0.6 is 12.2 Å². The minimum Gasteiger partial charge on any atom is -0.493 e. The molecular weight excluding hydrogens is 450 g/mol. The Morgan fingerprint density at radius 3 is 2.41 bits per heavy atom. The monoisotopic (exact) mass is 485 g/mol. The first-order chi connectivity index (χ1) is 16.1. The molecule has 0 saturated heterocycles. The summed E-state index contributed by atoms with van der Waals surface area (Å²) in [6.07, 6.45) is 1.39. The number of anilines is 1. The lowest BCUT2D eigenvalue weighted by Gasteiger charge is -2.24. The summed E-state index contributed by atoms with van der Waals surface area (Å²) in [5, 5.41) is 8.72. The maximum atomic E-state index is 12.8. The summed E-state index contributed by atoms with van der Waals surface area (Å²) in [5.74, 6) is 0.541. The Balaban J connectivity index is 1.78. The van der Waals surface area contributed by atoms with Crippen molar-refractivity contribution in [1.82, 2.24) is 10.6 Å². The summed E-state index contributed by atoms with van der Waals surface area (Å²) in [6.45, 7) is 9.26. The number of benzene rings is 2. The van der Waals surface area contributed by atoms with Gasteiger partial charge in [-0.15, -0.1) is 0 Å². The van der Waals surface area contributed by atoms with Crippen LogP contribution in [0.15, 0.2) is 42.5 Å². The van der Waals surface area contributed by atoms with Gasteiger partial charge in [0.15, 0.2) is 5.11 Å². The number of hydrogen-bond acceptors (Lipinski definition) is 5. The van der Waals surface area contributed by atoms with E-state index in [1.807, 2.05) is 39.8 Å². The highest BCUT2D eigenvalue weighted by atomic mass is 32.1. The molecule has 0 aromatic heterocycles. The molecule has 8 heteroatoms. The first-order valence-corrected chi connectivity index (χ1v) is 11.7. The Labute approximate surface area is 207 Å². The lowest BCUT2D eigenvalue weighted by molar-refractivity contribution is -0.128. The summed E-state index contributed by atoms with van der Waals surface area (Å²) >= 11 is 5.30. The lowest BCUT2D eigenvalue weighted by atomic mass is 9.87. The summed E-state index contributed by atoms with van der Waals surface area (Å²) in [6, 6.07) is 13.0. The Kier molecular flexibility index (Phi) is 10.5. The lowest BCUT2D eigenvalue weighted by Crippen LogP contribution is -2.42. The third kappa shape index (κ3) is 8.76. The van der Waals surface area contributed by atoms with Gasteiger partial charge in [0.2, 0.25) is 5.91 Å². The topological polar surface area (TPSA) is 88.7 Å². The Morgan fingerprint density at radius 1 is 1.03 bits per heavy atom. The van der Waals surface area contributed by atoms with Crippen molar-refractivity contribution >= 4 is 34.8 Å². The number of aryl methyl sites for hydroxylation is 2. The second-order valence-electron chi connectivity index (χ2n) is 8.84. The third-order valence-electron chi connectivity index (χ3n) is 5.39. The summed E-state index contributed by atoms with van der Waals surface area (Å²) in [7, 11) is 1.58. The van der Waals surface area contributed by atoms with Crippen molar-refractivity contribution in [2.24, 2.45) is 5.41 Å². The zero-order valence-corrected chi connectivity index (χ0v) is 21.4. The standard InChI is InChI=1S/C26H35N3O4S/c1-18-7-8-19(2)22(17-18)33-15-6-13-26(3,4)24(31)29-25(34)28-21-11-9-20(10-12-21)23(30)27-14-16-32-5/h7-12,17H,6,13-16H2,1-5H3,(H,27,30)(H2,28,29,31,34). The van der Waals surface area contributed by atoms with Crippen LogP contribution in [0.3, 0.4) is 0 Å². The third-order valence-corrected chi connectivity index (χ3v) is 5.59. The average Bonchev–Trinajstić information content (AvgIpc) is 2.79. The van der Waals surface area contributed by atoms with Crippen molar-refractivity contribution in [2.75, 3.05) is 32.2 Å². The highest BCUT2D eigenvalue weighted by Gasteiger charge is 2.27. The van der Waals surface area contributed by atoms with Gasteiger partial charge in [0, 0.05) is 30.3 Å². The van der Waals surface area contributed by atoms with Gasteiger partial charge in [-0.05, 0) is 80.4 Å². The number of carbonyl (C=O) groups excluding carboxylic acids is 2. The quantitative estimate of drug-likeness (QED) is 0.323. The van der Waals surface area contributed by atoms with Crippen molar-refractivity contribution in [3.8, 4) is 5.75 Å². The predicted octanol–water partition coefficient (Wildman–Crippen LogP) is 4.38. The first kappa shape index (κ1) is 27.3. The number of carbonyl (C=O) groups is 2. The fourth-order valence-corrected chi connectivity index (χ4v) is 3.39. The fraction of sp³-hybridized carbons (Fsp3) is 0.423. The van der Waals surface area contributed by atoms with Crippen molar-refractivity contribution in [3.63, 3.8) is 0 Å². The summed E-state index contributed by atoms with van der Waals surface area (Å²) in [5.41, 5.74) is 2.85. The molecule has 0 heterocycles. The largest absolute Gasteiger partial charge is 0.493 e. The van der Waals surface area contributed by atoms with Crippen LogP contribution in [0.4, 0.5) is 5.69 Å². The molecule has 0 aliphatic rings. The summed E-state index contributed by atoms with van der Waals surface area (Å²) in [4.78, 5) is 24.8. The molecule has 0 aliphatic carbocycles. The van der Waals surface area contributed by atoms with E-state index in [1.54, 1.807) is 31.4 Å².